The summed E-state index contributed by atoms with van der Waals surface area (Å²) >= 11 is 0. The van der Waals surface area contributed by atoms with E-state index >= 15 is 0 Å². The molecule has 2 aromatic carbocycles. The number of carbonyl (C=O) groups is 1. The van der Waals surface area contributed by atoms with E-state index in [9.17, 15) is 18.0 Å². The summed E-state index contributed by atoms with van der Waals surface area (Å²) in [6, 6.07) is 13.2. The van der Waals surface area contributed by atoms with Gasteiger partial charge in [-0.15, -0.1) is 18.3 Å². The van der Waals surface area contributed by atoms with Gasteiger partial charge in [0.15, 0.2) is 5.69 Å². The number of aryl methyl sites for hydroxylation is 2. The minimum absolute atomic E-state index is 0.0722. The number of oxazole rings is 1. The summed E-state index contributed by atoms with van der Waals surface area (Å²) in [6.07, 6.45) is 6.13. The lowest BCUT2D eigenvalue weighted by atomic mass is 10.1. The predicted molar refractivity (Wildman–Crippen MR) is 129 cm³/mol. The Labute approximate surface area is 210 Å². The third kappa shape index (κ3) is 9.88. The summed E-state index contributed by atoms with van der Waals surface area (Å²) < 4.78 is 46.4. The molecule has 4 aromatic rings. The number of carboxylic acids is 1. The first-order valence-electron chi connectivity index (χ1n) is 11.1. The van der Waals surface area contributed by atoms with E-state index in [1.807, 2.05) is 23.0 Å². The van der Waals surface area contributed by atoms with Crippen LogP contribution in [0.4, 0.5) is 18.9 Å². The number of aromatic nitrogens is 4. The number of nitrogen functional groups attached to an aromatic ring is 1. The quantitative estimate of drug-likeness (QED) is 0.226. The minimum atomic E-state index is -4.73. The Morgan fingerprint density at radius 3 is 2.41 bits per heavy atom. The fraction of sp³-hybridized carbons (Fsp3) is 0.200. The molecule has 0 amide bonds. The van der Waals surface area contributed by atoms with Gasteiger partial charge in [0.25, 0.3) is 0 Å². The van der Waals surface area contributed by atoms with Crippen molar-refractivity contribution in [3.8, 4) is 5.75 Å². The number of carboxylic acid groups (broad SMARTS) is 1. The number of aromatic carboxylic acids is 1. The Hall–Kier alpha value is -4.61. The highest BCUT2D eigenvalue weighted by molar-refractivity contribution is 5.85. The standard InChI is InChI=1S/C13H8F3NO4.C12H16N4/c14-13(15,16)21-9-4-1-8(2-5-9)3-6-11-17-10(7-20-11)12(18)19;13-12-6-4-11(5-7-12)3-1-2-9-16-10-8-14-15-16/h1-7H,(H,18,19);4-8,10H,1-3,9,13H2. The molecular weight excluding hydrogens is 491 g/mol. The summed E-state index contributed by atoms with van der Waals surface area (Å²) in [7, 11) is 0. The molecule has 4 rings (SSSR count). The summed E-state index contributed by atoms with van der Waals surface area (Å²) in [5.74, 6) is -1.47. The number of nitrogens with two attached hydrogens (primary N) is 1. The third-order valence-corrected chi connectivity index (χ3v) is 4.83. The van der Waals surface area contributed by atoms with Gasteiger partial charge in [-0.1, -0.05) is 29.5 Å². The van der Waals surface area contributed by atoms with E-state index in [0.29, 0.717) is 5.56 Å². The molecule has 0 saturated carbocycles. The number of ether oxygens (including phenoxy) is 1. The second kappa shape index (κ2) is 12.9. The molecule has 0 aliphatic heterocycles. The summed E-state index contributed by atoms with van der Waals surface area (Å²) in [6.45, 7) is 0.939. The van der Waals surface area contributed by atoms with Crippen LogP contribution >= 0.6 is 0 Å². The molecule has 0 aliphatic carbocycles. The molecule has 0 bridgehead atoms. The topological polar surface area (TPSA) is 129 Å². The van der Waals surface area contributed by atoms with Crippen LogP contribution in [0.2, 0.25) is 0 Å². The predicted octanol–water partition coefficient (Wildman–Crippen LogP) is 5.33. The van der Waals surface area contributed by atoms with Crippen LogP contribution in [-0.2, 0) is 13.0 Å². The van der Waals surface area contributed by atoms with Crippen molar-refractivity contribution in [2.24, 2.45) is 0 Å². The lowest BCUT2D eigenvalue weighted by Crippen LogP contribution is -2.16. The van der Waals surface area contributed by atoms with Gasteiger partial charge in [-0.05, 0) is 60.7 Å². The van der Waals surface area contributed by atoms with E-state index in [1.54, 1.807) is 6.20 Å². The Balaban J connectivity index is 0.000000213. The van der Waals surface area contributed by atoms with Gasteiger partial charge in [0.1, 0.15) is 12.0 Å². The first kappa shape index (κ1) is 27.0. The molecular formula is C25H24F3N5O4. The van der Waals surface area contributed by atoms with Gasteiger partial charge in [0, 0.05) is 24.5 Å². The van der Waals surface area contributed by atoms with E-state index in [4.69, 9.17) is 15.3 Å². The number of rotatable bonds is 9. The number of nitrogens with zero attached hydrogens (tertiary/aromatic N) is 4. The van der Waals surface area contributed by atoms with Crippen molar-refractivity contribution in [2.45, 2.75) is 32.2 Å². The fourth-order valence-corrected chi connectivity index (χ4v) is 3.05. The SMILES string of the molecule is Nc1ccc(CCCCn2ccnn2)cc1.O=C(O)c1coc(C=Cc2ccc(OC(F)(F)F)cc2)n1. The van der Waals surface area contributed by atoms with E-state index in [0.717, 1.165) is 49.9 Å². The van der Waals surface area contributed by atoms with Crippen molar-refractivity contribution in [2.75, 3.05) is 5.73 Å². The van der Waals surface area contributed by atoms with Gasteiger partial charge in [0.2, 0.25) is 5.89 Å². The maximum atomic E-state index is 12.0. The number of hydrogen-bond acceptors (Lipinski definition) is 7. The largest absolute Gasteiger partial charge is 0.573 e. The third-order valence-electron chi connectivity index (χ3n) is 4.83. The van der Waals surface area contributed by atoms with Crippen LogP contribution in [0, 0.1) is 0 Å². The number of benzene rings is 2. The smallest absolute Gasteiger partial charge is 0.476 e. The van der Waals surface area contributed by atoms with E-state index in [1.165, 1.54) is 29.8 Å². The van der Waals surface area contributed by atoms with Crippen molar-refractivity contribution in [1.29, 1.82) is 0 Å². The van der Waals surface area contributed by atoms with Crippen molar-refractivity contribution >= 4 is 23.8 Å². The van der Waals surface area contributed by atoms with E-state index in [2.05, 4.69) is 32.2 Å². The molecule has 3 N–H and O–H groups in total. The highest BCUT2D eigenvalue weighted by Gasteiger charge is 2.30. The Kier molecular flexibility index (Phi) is 9.41. The lowest BCUT2D eigenvalue weighted by molar-refractivity contribution is -0.274. The van der Waals surface area contributed by atoms with Crippen molar-refractivity contribution < 1.29 is 32.2 Å². The molecule has 0 radical (unpaired) electrons. The summed E-state index contributed by atoms with van der Waals surface area (Å²) in [5.41, 5.74) is 8.13. The number of alkyl halides is 3. The van der Waals surface area contributed by atoms with Crippen molar-refractivity contribution in [3.63, 3.8) is 0 Å². The molecule has 0 saturated heterocycles. The normalized spacial score (nSPS) is 11.2. The van der Waals surface area contributed by atoms with Crippen LogP contribution in [0.25, 0.3) is 12.2 Å². The Morgan fingerprint density at radius 1 is 1.08 bits per heavy atom. The monoisotopic (exact) mass is 515 g/mol. The van der Waals surface area contributed by atoms with Crippen molar-refractivity contribution in [1.82, 2.24) is 20.0 Å². The summed E-state index contributed by atoms with van der Waals surface area (Å²) in [5, 5.41) is 16.3. The van der Waals surface area contributed by atoms with Gasteiger partial charge in [-0.3, -0.25) is 4.68 Å². The zero-order valence-electron chi connectivity index (χ0n) is 19.5. The first-order chi connectivity index (χ1) is 17.7. The highest BCUT2D eigenvalue weighted by atomic mass is 19.4. The van der Waals surface area contributed by atoms with Gasteiger partial charge >= 0.3 is 12.3 Å². The average Bonchev–Trinajstić information content (AvgIpc) is 3.55. The van der Waals surface area contributed by atoms with Gasteiger partial charge in [0.05, 0.1) is 6.20 Å². The van der Waals surface area contributed by atoms with Crippen LogP contribution in [0.1, 0.15) is 40.3 Å². The average molecular weight is 515 g/mol. The van der Waals surface area contributed by atoms with E-state index < -0.39 is 12.3 Å². The second-order valence-electron chi connectivity index (χ2n) is 7.69. The molecule has 0 atom stereocenters. The molecule has 9 nitrogen and oxygen atoms in total. The number of hydrogen-bond donors (Lipinski definition) is 2. The fourth-order valence-electron chi connectivity index (χ4n) is 3.05. The maximum Gasteiger partial charge on any atom is 0.573 e. The van der Waals surface area contributed by atoms with Gasteiger partial charge in [-0.2, -0.15) is 0 Å². The molecule has 2 aromatic heterocycles. The Morgan fingerprint density at radius 2 is 1.81 bits per heavy atom. The molecule has 37 heavy (non-hydrogen) atoms. The molecule has 2 heterocycles. The number of anilines is 1. The lowest BCUT2D eigenvalue weighted by Gasteiger charge is -2.08. The molecule has 0 aliphatic rings. The van der Waals surface area contributed by atoms with Crippen LogP contribution in [0.5, 0.6) is 5.75 Å². The number of halogens is 3. The second-order valence-corrected chi connectivity index (χ2v) is 7.69. The summed E-state index contributed by atoms with van der Waals surface area (Å²) in [4.78, 5) is 14.3. The zero-order valence-corrected chi connectivity index (χ0v) is 19.5. The minimum Gasteiger partial charge on any atom is -0.476 e. The molecule has 0 unspecified atom stereocenters. The van der Waals surface area contributed by atoms with Crippen LogP contribution in [-0.4, -0.2) is 37.4 Å². The van der Waals surface area contributed by atoms with Crippen molar-refractivity contribution in [3.05, 3.63) is 89.9 Å². The van der Waals surface area contributed by atoms with E-state index in [-0.39, 0.29) is 17.3 Å². The molecule has 194 valence electrons. The van der Waals surface area contributed by atoms with Gasteiger partial charge < -0.3 is 20.0 Å². The maximum absolute atomic E-state index is 12.0. The van der Waals surface area contributed by atoms with Crippen LogP contribution in [0.15, 0.2) is 71.6 Å². The number of unbranched alkanes of at least 4 members (excludes halogenated alkanes) is 1. The highest BCUT2D eigenvalue weighted by Crippen LogP contribution is 2.23. The van der Waals surface area contributed by atoms with Crippen LogP contribution < -0.4 is 10.5 Å². The first-order valence-corrected chi connectivity index (χ1v) is 11.1. The molecule has 12 heteroatoms. The molecule has 0 spiro atoms. The van der Waals surface area contributed by atoms with Gasteiger partial charge in [-0.25, -0.2) is 9.78 Å². The zero-order chi connectivity index (χ0) is 26.7. The molecule has 0 fully saturated rings. The Bertz CT molecular complexity index is 1270. The van der Waals surface area contributed by atoms with Crippen LogP contribution in [0.3, 0.4) is 0 Å².